The van der Waals surface area contributed by atoms with Crippen molar-refractivity contribution < 1.29 is 28.5 Å². The highest BCUT2D eigenvalue weighted by Gasteiger charge is 2.37. The van der Waals surface area contributed by atoms with Crippen molar-refractivity contribution >= 4 is 11.9 Å². The lowest BCUT2D eigenvalue weighted by Gasteiger charge is -2.10. The van der Waals surface area contributed by atoms with Crippen LogP contribution in [0.2, 0.25) is 0 Å². The van der Waals surface area contributed by atoms with Crippen molar-refractivity contribution in [1.82, 2.24) is 0 Å². The zero-order valence-corrected chi connectivity index (χ0v) is 30.9. The molecule has 0 bridgehead atoms. The van der Waals surface area contributed by atoms with Crippen LogP contribution in [0.5, 0.6) is 11.5 Å². The highest BCUT2D eigenvalue weighted by atomic mass is 16.6. The number of esters is 2. The molecule has 274 valence electrons. The van der Waals surface area contributed by atoms with Gasteiger partial charge in [0.15, 0.2) is 11.5 Å². The first kappa shape index (κ1) is 40.5. The summed E-state index contributed by atoms with van der Waals surface area (Å²) in [6.07, 6.45) is 34.5. The molecule has 3 rings (SSSR count). The first-order valence-corrected chi connectivity index (χ1v) is 20.4. The highest BCUT2D eigenvalue weighted by molar-refractivity contribution is 5.76. The third kappa shape index (κ3) is 19.3. The Bertz CT molecular complexity index is 902. The number of carbonyl (C=O) groups is 2. The zero-order chi connectivity index (χ0) is 34.1. The Morgan fingerprint density at radius 3 is 1.08 bits per heavy atom. The molecule has 0 aliphatic carbocycles. The van der Waals surface area contributed by atoms with Crippen LogP contribution in [0.15, 0.2) is 24.3 Å². The standard InChI is InChI=1S/C42H70O6/c1-3-5-7-9-13-19-27-35-37(45-35)29-21-15-11-17-23-33-41(43)47-39-31-25-26-32-40(39)48-42(44)34-24-18-12-16-22-30-38-36(46-38)28-20-14-10-8-6-4-2/h25-26,31-32,35-38H,3-24,27-30,33-34H2,1-2H3. The summed E-state index contributed by atoms with van der Waals surface area (Å²) in [6.45, 7) is 4.53. The van der Waals surface area contributed by atoms with Crippen LogP contribution in [0.3, 0.4) is 0 Å². The summed E-state index contributed by atoms with van der Waals surface area (Å²) in [6, 6.07) is 6.99. The van der Waals surface area contributed by atoms with Crippen molar-refractivity contribution in [3.63, 3.8) is 0 Å². The summed E-state index contributed by atoms with van der Waals surface area (Å²) in [5.74, 6) is 0.112. The summed E-state index contributed by atoms with van der Waals surface area (Å²) in [5, 5.41) is 0. The van der Waals surface area contributed by atoms with Crippen LogP contribution in [0.25, 0.3) is 0 Å². The Labute approximate surface area is 293 Å². The topological polar surface area (TPSA) is 77.7 Å². The van der Waals surface area contributed by atoms with Crippen molar-refractivity contribution in [3.8, 4) is 11.5 Å². The molecule has 2 aliphatic rings. The quantitative estimate of drug-likeness (QED) is 0.0328. The number of ether oxygens (including phenoxy) is 4. The van der Waals surface area contributed by atoms with Crippen LogP contribution in [0.1, 0.15) is 194 Å². The maximum absolute atomic E-state index is 12.5. The van der Waals surface area contributed by atoms with Gasteiger partial charge in [-0.15, -0.1) is 0 Å². The van der Waals surface area contributed by atoms with E-state index in [2.05, 4.69) is 13.8 Å². The fourth-order valence-electron chi connectivity index (χ4n) is 6.88. The minimum Gasteiger partial charge on any atom is -0.423 e. The lowest BCUT2D eigenvalue weighted by atomic mass is 10.0. The average Bonchev–Trinajstić information content (AvgIpc) is 4.01. The Morgan fingerprint density at radius 2 is 0.750 bits per heavy atom. The van der Waals surface area contributed by atoms with Gasteiger partial charge in [-0.05, 0) is 50.7 Å². The Kier molecular flexibility index (Phi) is 21.9. The molecule has 4 atom stereocenters. The molecular weight excluding hydrogens is 600 g/mol. The summed E-state index contributed by atoms with van der Waals surface area (Å²) >= 11 is 0. The van der Waals surface area contributed by atoms with Gasteiger partial charge < -0.3 is 18.9 Å². The van der Waals surface area contributed by atoms with Gasteiger partial charge in [0.25, 0.3) is 0 Å². The second-order valence-electron chi connectivity index (χ2n) is 14.5. The van der Waals surface area contributed by atoms with Crippen molar-refractivity contribution in [2.45, 2.75) is 218 Å². The third-order valence-corrected chi connectivity index (χ3v) is 10.1. The summed E-state index contributed by atoms with van der Waals surface area (Å²) in [5.41, 5.74) is 0. The molecule has 2 saturated heterocycles. The zero-order valence-electron chi connectivity index (χ0n) is 30.9. The molecule has 0 N–H and O–H groups in total. The number of hydrogen-bond acceptors (Lipinski definition) is 6. The summed E-state index contributed by atoms with van der Waals surface area (Å²) in [4.78, 5) is 25.0. The van der Waals surface area contributed by atoms with E-state index in [-0.39, 0.29) is 11.9 Å². The van der Waals surface area contributed by atoms with Gasteiger partial charge in [-0.3, -0.25) is 9.59 Å². The van der Waals surface area contributed by atoms with E-state index in [4.69, 9.17) is 18.9 Å². The molecule has 0 aromatic heterocycles. The number of carbonyl (C=O) groups excluding carboxylic acids is 2. The SMILES string of the molecule is CCCCCCCCC1OC1CCCCCCCC(=O)Oc1ccccc1OC(=O)CCCCCCCC1OC1CCCCCCCC. The minimum absolute atomic E-state index is 0.271. The first-order valence-electron chi connectivity index (χ1n) is 20.4. The smallest absolute Gasteiger partial charge is 0.311 e. The first-order chi connectivity index (χ1) is 23.6. The largest absolute Gasteiger partial charge is 0.423 e. The number of para-hydroxylation sites is 2. The lowest BCUT2D eigenvalue weighted by Crippen LogP contribution is -2.12. The van der Waals surface area contributed by atoms with E-state index in [1.54, 1.807) is 24.3 Å². The molecule has 4 unspecified atom stereocenters. The van der Waals surface area contributed by atoms with Gasteiger partial charge >= 0.3 is 11.9 Å². The number of hydrogen-bond donors (Lipinski definition) is 0. The van der Waals surface area contributed by atoms with Gasteiger partial charge in [-0.1, -0.05) is 154 Å². The van der Waals surface area contributed by atoms with Crippen LogP contribution in [-0.2, 0) is 19.1 Å². The van der Waals surface area contributed by atoms with E-state index in [0.717, 1.165) is 38.5 Å². The second-order valence-corrected chi connectivity index (χ2v) is 14.5. The van der Waals surface area contributed by atoms with Crippen molar-refractivity contribution in [2.75, 3.05) is 0 Å². The Balaban J connectivity index is 1.12. The molecular formula is C42H70O6. The molecule has 0 spiro atoms. The molecule has 0 radical (unpaired) electrons. The van der Waals surface area contributed by atoms with Crippen LogP contribution in [0, 0.1) is 0 Å². The molecule has 2 heterocycles. The maximum Gasteiger partial charge on any atom is 0.311 e. The molecule has 2 fully saturated rings. The lowest BCUT2D eigenvalue weighted by molar-refractivity contribution is -0.137. The molecule has 6 nitrogen and oxygen atoms in total. The molecule has 0 saturated carbocycles. The van der Waals surface area contributed by atoms with E-state index in [9.17, 15) is 9.59 Å². The van der Waals surface area contributed by atoms with Crippen molar-refractivity contribution in [3.05, 3.63) is 24.3 Å². The maximum atomic E-state index is 12.5. The predicted octanol–water partition coefficient (Wildman–Crippen LogP) is 12.0. The summed E-state index contributed by atoms with van der Waals surface area (Å²) in [7, 11) is 0. The van der Waals surface area contributed by atoms with Gasteiger partial charge in [0.2, 0.25) is 0 Å². The third-order valence-electron chi connectivity index (χ3n) is 10.1. The van der Waals surface area contributed by atoms with Crippen LogP contribution in [0.4, 0.5) is 0 Å². The van der Waals surface area contributed by atoms with E-state index < -0.39 is 0 Å². The van der Waals surface area contributed by atoms with Crippen LogP contribution in [-0.4, -0.2) is 36.4 Å². The highest BCUT2D eigenvalue weighted by Crippen LogP contribution is 2.33. The Morgan fingerprint density at radius 1 is 0.458 bits per heavy atom. The number of benzene rings is 1. The summed E-state index contributed by atoms with van der Waals surface area (Å²) < 4.78 is 22.9. The fourth-order valence-corrected chi connectivity index (χ4v) is 6.88. The van der Waals surface area contributed by atoms with Crippen molar-refractivity contribution in [2.24, 2.45) is 0 Å². The number of unbranched alkanes of at least 4 members (excludes halogenated alkanes) is 18. The van der Waals surface area contributed by atoms with E-state index in [0.29, 0.717) is 48.8 Å². The molecule has 1 aromatic rings. The molecule has 48 heavy (non-hydrogen) atoms. The fraction of sp³-hybridized carbons (Fsp3) is 0.810. The van der Waals surface area contributed by atoms with E-state index in [1.807, 2.05) is 0 Å². The molecule has 6 heteroatoms. The minimum atomic E-state index is -0.271. The number of epoxide rings is 2. The second kappa shape index (κ2) is 26.0. The monoisotopic (exact) mass is 671 g/mol. The van der Waals surface area contributed by atoms with Gasteiger partial charge in [-0.25, -0.2) is 0 Å². The van der Waals surface area contributed by atoms with Gasteiger partial charge in [0.05, 0.1) is 24.4 Å². The average molecular weight is 671 g/mol. The van der Waals surface area contributed by atoms with E-state index in [1.165, 1.54) is 128 Å². The van der Waals surface area contributed by atoms with Gasteiger partial charge in [0.1, 0.15) is 0 Å². The number of rotatable bonds is 32. The molecule has 0 amide bonds. The van der Waals surface area contributed by atoms with Crippen molar-refractivity contribution in [1.29, 1.82) is 0 Å². The van der Waals surface area contributed by atoms with Crippen LogP contribution >= 0.6 is 0 Å². The van der Waals surface area contributed by atoms with E-state index >= 15 is 0 Å². The molecule has 2 aliphatic heterocycles. The van der Waals surface area contributed by atoms with Gasteiger partial charge in [-0.2, -0.15) is 0 Å². The van der Waals surface area contributed by atoms with Crippen LogP contribution < -0.4 is 9.47 Å². The predicted molar refractivity (Wildman–Crippen MR) is 196 cm³/mol. The molecule has 1 aromatic carbocycles. The Hall–Kier alpha value is -1.92. The van der Waals surface area contributed by atoms with Gasteiger partial charge in [0, 0.05) is 12.8 Å². The normalized spacial score (nSPS) is 19.7.